The molecule has 10 nitrogen and oxygen atoms in total. The Kier molecular flexibility index (Phi) is 6.06. The number of aryl methyl sites for hydroxylation is 1. The molecule has 5 rings (SSSR count). The lowest BCUT2D eigenvalue weighted by Crippen LogP contribution is -2.28. The van der Waals surface area contributed by atoms with Gasteiger partial charge in [-0.3, -0.25) is 9.48 Å². The fraction of sp³-hybridized carbons (Fsp3) is 0.250. The molecule has 38 heavy (non-hydrogen) atoms. The largest absolute Gasteiger partial charge is 0.401 e. The highest BCUT2D eigenvalue weighted by atomic mass is 19.4. The summed E-state index contributed by atoms with van der Waals surface area (Å²) in [5.74, 6) is -1.64. The summed E-state index contributed by atoms with van der Waals surface area (Å²) in [6, 6.07) is 7.23. The number of anilines is 3. The van der Waals surface area contributed by atoms with Gasteiger partial charge in [0.15, 0.2) is 17.3 Å². The third-order valence-corrected chi connectivity index (χ3v) is 6.11. The van der Waals surface area contributed by atoms with Gasteiger partial charge in [0.25, 0.3) is 0 Å². The lowest BCUT2D eigenvalue weighted by molar-refractivity contribution is -0.165. The van der Waals surface area contributed by atoms with Crippen molar-refractivity contribution in [2.75, 3.05) is 10.6 Å². The van der Waals surface area contributed by atoms with Crippen molar-refractivity contribution in [1.82, 2.24) is 24.9 Å². The molecule has 0 bridgehead atoms. The molecular formula is C24H18F4N8O2. The smallest absolute Gasteiger partial charge is 0.358 e. The van der Waals surface area contributed by atoms with Crippen molar-refractivity contribution >= 4 is 23.4 Å². The van der Waals surface area contributed by atoms with E-state index in [0.717, 1.165) is 6.07 Å². The molecule has 194 valence electrons. The Hall–Kier alpha value is -4.80. The van der Waals surface area contributed by atoms with Gasteiger partial charge in [0.2, 0.25) is 11.9 Å². The van der Waals surface area contributed by atoms with Gasteiger partial charge in [-0.1, -0.05) is 17.3 Å². The van der Waals surface area contributed by atoms with E-state index in [1.807, 2.05) is 6.07 Å². The van der Waals surface area contributed by atoms with Crippen molar-refractivity contribution < 1.29 is 26.9 Å². The van der Waals surface area contributed by atoms with Crippen molar-refractivity contribution in [3.8, 4) is 17.2 Å². The van der Waals surface area contributed by atoms with Gasteiger partial charge in [0.1, 0.15) is 17.3 Å². The Morgan fingerprint density at radius 3 is 2.58 bits per heavy atom. The SMILES string of the molecule is Cn1cc(Nc2ncc(-c3ccc(CC(=O)Nc4cc(C5(C(F)(F)F)CC5)on4)c(F)c3)cn2)c(C#N)n1. The zero-order valence-electron chi connectivity index (χ0n) is 19.7. The number of hydrogen-bond donors (Lipinski definition) is 2. The number of benzene rings is 1. The highest BCUT2D eigenvalue weighted by molar-refractivity contribution is 5.91. The van der Waals surface area contributed by atoms with E-state index >= 15 is 0 Å². The van der Waals surface area contributed by atoms with Crippen molar-refractivity contribution in [3.05, 3.63) is 65.7 Å². The minimum absolute atomic E-state index is 0.0729. The summed E-state index contributed by atoms with van der Waals surface area (Å²) in [6.45, 7) is 0. The number of hydrogen-bond acceptors (Lipinski definition) is 8. The molecule has 1 aromatic carbocycles. The van der Waals surface area contributed by atoms with Gasteiger partial charge in [0.05, 0.1) is 12.1 Å². The first kappa shape index (κ1) is 24.9. The first-order valence-corrected chi connectivity index (χ1v) is 11.2. The molecule has 1 fully saturated rings. The van der Waals surface area contributed by atoms with Gasteiger partial charge in [-0.15, -0.1) is 0 Å². The van der Waals surface area contributed by atoms with Crippen LogP contribution >= 0.6 is 0 Å². The van der Waals surface area contributed by atoms with E-state index in [2.05, 4.69) is 30.9 Å². The summed E-state index contributed by atoms with van der Waals surface area (Å²) >= 11 is 0. The summed E-state index contributed by atoms with van der Waals surface area (Å²) in [5, 5.41) is 21.8. The van der Waals surface area contributed by atoms with Crippen LogP contribution in [-0.2, 0) is 23.7 Å². The predicted molar refractivity (Wildman–Crippen MR) is 124 cm³/mol. The average molecular weight is 526 g/mol. The third kappa shape index (κ3) is 4.77. The molecule has 2 N–H and O–H groups in total. The lowest BCUT2D eigenvalue weighted by atomic mass is 10.0. The average Bonchev–Trinajstić information content (AvgIpc) is 3.45. The molecule has 0 aliphatic heterocycles. The van der Waals surface area contributed by atoms with Gasteiger partial charge >= 0.3 is 6.18 Å². The molecule has 1 aliphatic rings. The maximum atomic E-state index is 14.8. The number of nitriles is 1. The Morgan fingerprint density at radius 1 is 1.21 bits per heavy atom. The van der Waals surface area contributed by atoms with E-state index in [9.17, 15) is 22.4 Å². The maximum Gasteiger partial charge on any atom is 0.401 e. The summed E-state index contributed by atoms with van der Waals surface area (Å²) in [4.78, 5) is 20.7. The van der Waals surface area contributed by atoms with E-state index < -0.39 is 23.3 Å². The minimum atomic E-state index is -4.47. The molecule has 0 spiro atoms. The topological polar surface area (TPSA) is 135 Å². The number of carbonyl (C=O) groups excluding carboxylic acids is 1. The van der Waals surface area contributed by atoms with Crippen LogP contribution in [0.5, 0.6) is 0 Å². The highest BCUT2D eigenvalue weighted by Gasteiger charge is 2.66. The number of nitrogens with zero attached hydrogens (tertiary/aromatic N) is 6. The summed E-state index contributed by atoms with van der Waals surface area (Å²) < 4.78 is 60.8. The van der Waals surface area contributed by atoms with Crippen LogP contribution in [0.25, 0.3) is 11.1 Å². The van der Waals surface area contributed by atoms with Crippen LogP contribution in [0, 0.1) is 17.1 Å². The fourth-order valence-corrected chi connectivity index (χ4v) is 3.91. The zero-order valence-corrected chi connectivity index (χ0v) is 19.7. The van der Waals surface area contributed by atoms with Crippen molar-refractivity contribution in [2.24, 2.45) is 7.05 Å². The van der Waals surface area contributed by atoms with Gasteiger partial charge in [-0.25, -0.2) is 14.4 Å². The molecular weight excluding hydrogens is 508 g/mol. The van der Waals surface area contributed by atoms with E-state index in [-0.39, 0.29) is 48.0 Å². The number of halogens is 4. The zero-order chi connectivity index (χ0) is 27.1. The van der Waals surface area contributed by atoms with Gasteiger partial charge in [0, 0.05) is 37.3 Å². The second kappa shape index (κ2) is 9.25. The molecule has 0 saturated heterocycles. The number of rotatable bonds is 7. The molecule has 4 aromatic rings. The standard InChI is InChI=1S/C24H18F4N8O2/c1-36-12-18(17(9-29)34-36)32-22-30-10-15(11-31-22)13-2-3-14(16(25)6-13)7-21(37)33-20-8-19(38-35-20)23(4-5-23)24(26,27)28/h2-3,6,8,10-12H,4-5,7H2,1H3,(H,30,31,32)(H,33,35,37). The maximum absolute atomic E-state index is 14.8. The van der Waals surface area contributed by atoms with Crippen molar-refractivity contribution in [2.45, 2.75) is 30.9 Å². The van der Waals surface area contributed by atoms with Crippen LogP contribution in [-0.4, -0.2) is 37.0 Å². The van der Waals surface area contributed by atoms with Crippen LogP contribution in [0.2, 0.25) is 0 Å². The van der Waals surface area contributed by atoms with E-state index in [4.69, 9.17) is 9.78 Å². The highest BCUT2D eigenvalue weighted by Crippen LogP contribution is 2.59. The molecule has 3 aromatic heterocycles. The normalized spacial score (nSPS) is 14.1. The predicted octanol–water partition coefficient (Wildman–Crippen LogP) is 4.39. The Balaban J connectivity index is 1.22. The van der Waals surface area contributed by atoms with Crippen molar-refractivity contribution in [3.63, 3.8) is 0 Å². The Labute approximate surface area is 212 Å². The Bertz CT molecular complexity index is 1550. The Morgan fingerprint density at radius 2 is 1.95 bits per heavy atom. The summed E-state index contributed by atoms with van der Waals surface area (Å²) in [6.07, 6.45) is -0.511. The monoisotopic (exact) mass is 526 g/mol. The number of alkyl halides is 3. The molecule has 1 amide bonds. The van der Waals surface area contributed by atoms with Crippen molar-refractivity contribution in [1.29, 1.82) is 5.26 Å². The van der Waals surface area contributed by atoms with E-state index in [0.29, 0.717) is 16.8 Å². The molecule has 1 aliphatic carbocycles. The molecule has 14 heteroatoms. The van der Waals surface area contributed by atoms with E-state index in [1.54, 1.807) is 19.3 Å². The van der Waals surface area contributed by atoms with Crippen LogP contribution < -0.4 is 10.6 Å². The molecule has 0 unspecified atom stereocenters. The van der Waals surface area contributed by atoms with Crippen LogP contribution in [0.3, 0.4) is 0 Å². The number of carbonyl (C=O) groups is 1. The molecule has 0 atom stereocenters. The number of nitrogens with one attached hydrogen (secondary N) is 2. The quantitative estimate of drug-likeness (QED) is 0.339. The van der Waals surface area contributed by atoms with Gasteiger partial charge < -0.3 is 15.2 Å². The van der Waals surface area contributed by atoms with Crippen LogP contribution in [0.1, 0.15) is 29.9 Å². The van der Waals surface area contributed by atoms with Crippen LogP contribution in [0.4, 0.5) is 35.0 Å². The van der Waals surface area contributed by atoms with Gasteiger partial charge in [-0.05, 0) is 30.0 Å². The summed E-state index contributed by atoms with van der Waals surface area (Å²) in [7, 11) is 1.67. The van der Waals surface area contributed by atoms with Gasteiger partial charge in [-0.2, -0.15) is 23.5 Å². The molecule has 1 saturated carbocycles. The second-order valence-corrected chi connectivity index (χ2v) is 8.78. The van der Waals surface area contributed by atoms with E-state index in [1.165, 1.54) is 29.2 Å². The fourth-order valence-electron chi connectivity index (χ4n) is 3.91. The molecule has 3 heterocycles. The number of amides is 1. The first-order valence-electron chi connectivity index (χ1n) is 11.2. The second-order valence-electron chi connectivity index (χ2n) is 8.78. The first-order chi connectivity index (χ1) is 18.1. The third-order valence-electron chi connectivity index (χ3n) is 6.11. The minimum Gasteiger partial charge on any atom is -0.358 e. The van der Waals surface area contributed by atoms with Crippen LogP contribution in [0.15, 0.2) is 47.4 Å². The lowest BCUT2D eigenvalue weighted by Gasteiger charge is -2.14. The number of aromatic nitrogens is 5. The summed E-state index contributed by atoms with van der Waals surface area (Å²) in [5.41, 5.74) is -0.402. The molecule has 0 radical (unpaired) electrons.